The van der Waals surface area contributed by atoms with E-state index in [1.807, 2.05) is 0 Å². The van der Waals surface area contributed by atoms with E-state index >= 15 is 0 Å². The van der Waals surface area contributed by atoms with Crippen LogP contribution in [0.3, 0.4) is 0 Å². The molecule has 12 aromatic rings. The minimum absolute atomic E-state index is 0.526. The second-order valence-corrected chi connectivity index (χ2v) is 17.3. The van der Waals surface area contributed by atoms with Gasteiger partial charge in [0.25, 0.3) is 0 Å². The SMILES string of the molecule is c1ccc(-c2cc(-c3cccc4c3-c3ccccc3C43c4cc5ccccc5cc4-c4cc5ccccc5cc43)nc(-c3ccc(-n4c5ccccc5c5ccccc54)cc3)n2)cc1. The van der Waals surface area contributed by atoms with Crippen LogP contribution in [0.25, 0.3) is 105 Å². The molecule has 64 heavy (non-hydrogen) atoms. The Morgan fingerprint density at radius 1 is 0.328 bits per heavy atom. The fraction of sp³-hybridized carbons (Fsp3) is 0.0164. The first-order valence-electron chi connectivity index (χ1n) is 22.1. The molecule has 0 aliphatic heterocycles. The Kier molecular flexibility index (Phi) is 7.32. The molecule has 0 bridgehead atoms. The summed E-state index contributed by atoms with van der Waals surface area (Å²) in [4.78, 5) is 10.8. The van der Waals surface area contributed by atoms with Crippen LogP contribution in [0.5, 0.6) is 0 Å². The van der Waals surface area contributed by atoms with Crippen LogP contribution in [0.15, 0.2) is 224 Å². The number of hydrogen-bond donors (Lipinski definition) is 0. The number of fused-ring (bicyclic) bond motifs is 15. The molecule has 2 aliphatic carbocycles. The fourth-order valence-corrected chi connectivity index (χ4v) is 11.2. The monoisotopic (exact) mass is 811 g/mol. The molecule has 0 atom stereocenters. The molecule has 0 fully saturated rings. The predicted octanol–water partition coefficient (Wildman–Crippen LogP) is 15.2. The van der Waals surface area contributed by atoms with Crippen LogP contribution < -0.4 is 0 Å². The first kappa shape index (κ1) is 35.2. The Bertz CT molecular complexity index is 3760. The summed E-state index contributed by atoms with van der Waals surface area (Å²) in [7, 11) is 0. The van der Waals surface area contributed by atoms with E-state index in [9.17, 15) is 0 Å². The van der Waals surface area contributed by atoms with E-state index in [4.69, 9.17) is 9.97 Å². The van der Waals surface area contributed by atoms with Crippen molar-refractivity contribution in [2.45, 2.75) is 5.41 Å². The van der Waals surface area contributed by atoms with Crippen molar-refractivity contribution in [2.24, 2.45) is 0 Å². The van der Waals surface area contributed by atoms with Crippen molar-refractivity contribution in [1.82, 2.24) is 14.5 Å². The lowest BCUT2D eigenvalue weighted by Crippen LogP contribution is -2.25. The number of benzene rings is 10. The van der Waals surface area contributed by atoms with Gasteiger partial charge in [-0.2, -0.15) is 0 Å². The minimum atomic E-state index is -0.526. The summed E-state index contributed by atoms with van der Waals surface area (Å²) >= 11 is 0. The molecule has 0 N–H and O–H groups in total. The molecule has 3 nitrogen and oxygen atoms in total. The highest BCUT2D eigenvalue weighted by molar-refractivity contribution is 6.09. The molecular weight excluding hydrogens is 775 g/mol. The van der Waals surface area contributed by atoms with Gasteiger partial charge in [0, 0.05) is 33.2 Å². The minimum Gasteiger partial charge on any atom is -0.309 e. The van der Waals surface area contributed by atoms with Gasteiger partial charge in [-0.05, 0) is 133 Å². The zero-order valence-corrected chi connectivity index (χ0v) is 34.7. The Morgan fingerprint density at radius 3 is 1.50 bits per heavy atom. The molecule has 10 aromatic carbocycles. The number of nitrogens with zero attached hydrogens (tertiary/aromatic N) is 3. The molecule has 0 amide bonds. The van der Waals surface area contributed by atoms with Crippen LogP contribution in [-0.4, -0.2) is 14.5 Å². The lowest BCUT2D eigenvalue weighted by atomic mass is 9.70. The average molecular weight is 812 g/mol. The second-order valence-electron chi connectivity index (χ2n) is 17.3. The maximum atomic E-state index is 5.51. The quantitative estimate of drug-likeness (QED) is 0.177. The molecule has 0 radical (unpaired) electrons. The number of aromatic nitrogens is 3. The third-order valence-electron chi connectivity index (χ3n) is 14.0. The highest BCUT2D eigenvalue weighted by atomic mass is 15.0. The van der Waals surface area contributed by atoms with Crippen LogP contribution >= 0.6 is 0 Å². The lowest BCUT2D eigenvalue weighted by Gasteiger charge is -2.31. The van der Waals surface area contributed by atoms with Gasteiger partial charge in [-0.15, -0.1) is 0 Å². The van der Waals surface area contributed by atoms with E-state index in [1.165, 1.54) is 87.9 Å². The van der Waals surface area contributed by atoms with E-state index in [0.717, 1.165) is 33.8 Å². The highest BCUT2D eigenvalue weighted by Gasteiger charge is 2.52. The van der Waals surface area contributed by atoms with E-state index in [1.54, 1.807) is 0 Å². The fourth-order valence-electron chi connectivity index (χ4n) is 11.2. The molecular formula is C61H37N3. The van der Waals surface area contributed by atoms with Gasteiger partial charge in [-0.25, -0.2) is 9.97 Å². The summed E-state index contributed by atoms with van der Waals surface area (Å²) < 4.78 is 2.35. The molecule has 3 heteroatoms. The van der Waals surface area contributed by atoms with Crippen LogP contribution in [-0.2, 0) is 5.41 Å². The smallest absolute Gasteiger partial charge is 0.160 e. The number of rotatable bonds is 4. The van der Waals surface area contributed by atoms with Crippen LogP contribution in [0, 0.1) is 0 Å². The van der Waals surface area contributed by atoms with Crippen LogP contribution in [0.1, 0.15) is 22.3 Å². The van der Waals surface area contributed by atoms with Crippen molar-refractivity contribution in [3.05, 3.63) is 247 Å². The van der Waals surface area contributed by atoms with Crippen LogP contribution in [0.4, 0.5) is 0 Å². The first-order chi connectivity index (χ1) is 31.7. The average Bonchev–Trinajstić information content (AvgIpc) is 3.96. The normalized spacial score (nSPS) is 13.1. The summed E-state index contributed by atoms with van der Waals surface area (Å²) in [6.07, 6.45) is 0. The number of hydrogen-bond acceptors (Lipinski definition) is 2. The van der Waals surface area contributed by atoms with E-state index in [0.29, 0.717) is 5.82 Å². The standard InChI is InChI=1S/C61H37N3/c1-2-15-38(16-3-1)55-37-56(63-60(62-55)39-29-31-44(32-30-39)64-57-27-12-9-21-45(57)46-22-10-13-28-58(46)64)48-24-14-26-52-59(48)47-23-8-11-25-51(47)61(52)53-35-42-19-6-4-17-40(42)33-49(53)50-34-41-18-5-7-20-43(41)36-54(50)61/h1-37H. The van der Waals surface area contributed by atoms with Crippen molar-refractivity contribution >= 4 is 43.4 Å². The van der Waals surface area contributed by atoms with Gasteiger partial charge < -0.3 is 4.57 Å². The molecule has 0 unspecified atom stereocenters. The summed E-state index contributed by atoms with van der Waals surface area (Å²) in [6, 6.07) is 82.1. The number of para-hydroxylation sites is 2. The molecule has 0 saturated carbocycles. The zero-order chi connectivity index (χ0) is 41.9. The Hall–Kier alpha value is -8.40. The second kappa shape index (κ2) is 13.3. The van der Waals surface area contributed by atoms with E-state index in [2.05, 4.69) is 229 Å². The Morgan fingerprint density at radius 2 is 0.844 bits per heavy atom. The summed E-state index contributed by atoms with van der Waals surface area (Å²) in [6.45, 7) is 0. The predicted molar refractivity (Wildman–Crippen MR) is 264 cm³/mol. The van der Waals surface area contributed by atoms with Gasteiger partial charge in [0.1, 0.15) is 0 Å². The molecule has 1 spiro atoms. The topological polar surface area (TPSA) is 30.7 Å². The summed E-state index contributed by atoms with van der Waals surface area (Å²) in [5.74, 6) is 0.693. The molecule has 2 heterocycles. The van der Waals surface area contributed by atoms with Gasteiger partial charge in [-0.3, -0.25) is 0 Å². The van der Waals surface area contributed by atoms with E-state index in [-0.39, 0.29) is 0 Å². The van der Waals surface area contributed by atoms with Crippen molar-refractivity contribution in [2.75, 3.05) is 0 Å². The van der Waals surface area contributed by atoms with Crippen molar-refractivity contribution in [3.63, 3.8) is 0 Å². The van der Waals surface area contributed by atoms with Gasteiger partial charge in [0.15, 0.2) is 5.82 Å². The van der Waals surface area contributed by atoms with Crippen molar-refractivity contribution in [3.8, 4) is 61.8 Å². The molecule has 296 valence electrons. The molecule has 14 rings (SSSR count). The first-order valence-corrected chi connectivity index (χ1v) is 22.1. The highest BCUT2D eigenvalue weighted by Crippen LogP contribution is 2.65. The van der Waals surface area contributed by atoms with Gasteiger partial charge in [-0.1, -0.05) is 158 Å². The van der Waals surface area contributed by atoms with Crippen LogP contribution in [0.2, 0.25) is 0 Å². The molecule has 0 saturated heterocycles. The maximum Gasteiger partial charge on any atom is 0.160 e. The zero-order valence-electron chi connectivity index (χ0n) is 34.7. The van der Waals surface area contributed by atoms with E-state index < -0.39 is 5.41 Å². The Labute approximate surface area is 370 Å². The van der Waals surface area contributed by atoms with Crippen molar-refractivity contribution in [1.29, 1.82) is 0 Å². The van der Waals surface area contributed by atoms with Gasteiger partial charge >= 0.3 is 0 Å². The third kappa shape index (κ3) is 4.86. The Balaban J connectivity index is 0.999. The lowest BCUT2D eigenvalue weighted by molar-refractivity contribution is 0.796. The molecule has 2 aromatic heterocycles. The van der Waals surface area contributed by atoms with Crippen molar-refractivity contribution < 1.29 is 0 Å². The largest absolute Gasteiger partial charge is 0.309 e. The van der Waals surface area contributed by atoms with Gasteiger partial charge in [0.2, 0.25) is 0 Å². The maximum absolute atomic E-state index is 5.51. The summed E-state index contributed by atoms with van der Waals surface area (Å²) in [5.41, 5.74) is 18.2. The third-order valence-corrected chi connectivity index (χ3v) is 14.0. The summed E-state index contributed by atoms with van der Waals surface area (Å²) in [5, 5.41) is 7.49. The van der Waals surface area contributed by atoms with Gasteiger partial charge in [0.05, 0.1) is 27.8 Å². The molecule has 2 aliphatic rings.